The van der Waals surface area contributed by atoms with Crippen LogP contribution in [0.4, 0.5) is 34.1 Å². The number of para-hydroxylation sites is 2. The van der Waals surface area contributed by atoms with E-state index in [4.69, 9.17) is 0 Å². The van der Waals surface area contributed by atoms with Gasteiger partial charge >= 0.3 is 0 Å². The van der Waals surface area contributed by atoms with Gasteiger partial charge in [-0.15, -0.1) is 0 Å². The van der Waals surface area contributed by atoms with Crippen molar-refractivity contribution in [3.63, 3.8) is 0 Å². The Hall–Kier alpha value is -7.16. The third-order valence-corrected chi connectivity index (χ3v) is 10.0. The van der Waals surface area contributed by atoms with E-state index in [0.717, 1.165) is 45.3 Å². The van der Waals surface area contributed by atoms with Crippen molar-refractivity contribution in [1.29, 1.82) is 0 Å². The number of benzene rings is 9. The number of hydrogen-bond acceptors (Lipinski definition) is 2. The van der Waals surface area contributed by atoms with E-state index in [1.54, 1.807) is 0 Å². The summed E-state index contributed by atoms with van der Waals surface area (Å²) < 4.78 is 0. The van der Waals surface area contributed by atoms with Gasteiger partial charge in [-0.05, 0) is 105 Å². The zero-order valence-corrected chi connectivity index (χ0v) is 29.8. The van der Waals surface area contributed by atoms with Gasteiger partial charge in [0.2, 0.25) is 0 Å². The molecule has 0 saturated carbocycles. The molecule has 0 unspecified atom stereocenters. The number of hydrogen-bond donors (Lipinski definition) is 0. The highest BCUT2D eigenvalue weighted by Crippen LogP contribution is 2.40. The van der Waals surface area contributed by atoms with Crippen LogP contribution in [0, 0.1) is 0 Å². The molecule has 9 aromatic rings. The van der Waals surface area contributed by atoms with Crippen molar-refractivity contribution < 1.29 is 0 Å². The lowest BCUT2D eigenvalue weighted by atomic mass is 10.0. The van der Waals surface area contributed by atoms with Gasteiger partial charge in [0.05, 0.1) is 5.69 Å². The highest BCUT2D eigenvalue weighted by atomic mass is 15.1. The molecule has 0 N–H and O–H groups in total. The molecule has 0 atom stereocenters. The summed E-state index contributed by atoms with van der Waals surface area (Å²) in [4.78, 5) is 4.66. The fraction of sp³-hybridized carbons (Fsp3) is 0. The molecule has 256 valence electrons. The van der Waals surface area contributed by atoms with Crippen molar-refractivity contribution in [2.75, 3.05) is 9.80 Å². The number of rotatable bonds is 9. The molecule has 0 saturated heterocycles. The second kappa shape index (κ2) is 14.8. The van der Waals surface area contributed by atoms with Crippen LogP contribution in [0.25, 0.3) is 44.8 Å². The summed E-state index contributed by atoms with van der Waals surface area (Å²) in [6.45, 7) is 0. The van der Waals surface area contributed by atoms with E-state index in [1.807, 2.05) is 0 Å². The van der Waals surface area contributed by atoms with Crippen molar-refractivity contribution in [3.8, 4) is 11.1 Å². The van der Waals surface area contributed by atoms with Gasteiger partial charge in [-0.2, -0.15) is 0 Å². The highest BCUT2D eigenvalue weighted by molar-refractivity contribution is 6.00. The first-order chi connectivity index (χ1) is 26.8. The Labute approximate surface area is 317 Å². The molecule has 0 aromatic heterocycles. The SMILES string of the molecule is C(=C\c1ccc(N(c2ccc3ccccc3c2)c2cccc3ccccc23)cc1)/c1ccc(-c2ccc(N(c3ccccc3)c3ccccc3)cc2)cc1. The van der Waals surface area contributed by atoms with Gasteiger partial charge in [-0.1, -0.05) is 164 Å². The van der Waals surface area contributed by atoms with Crippen LogP contribution < -0.4 is 9.80 Å². The maximum Gasteiger partial charge on any atom is 0.0540 e. The summed E-state index contributed by atoms with van der Waals surface area (Å²) in [5.74, 6) is 0. The zero-order chi connectivity index (χ0) is 36.1. The van der Waals surface area contributed by atoms with Gasteiger partial charge in [0, 0.05) is 33.8 Å². The molecule has 9 aromatic carbocycles. The quantitative estimate of drug-likeness (QED) is 0.139. The average Bonchev–Trinajstić information content (AvgIpc) is 3.25. The summed E-state index contributed by atoms with van der Waals surface area (Å²) in [6.07, 6.45) is 4.37. The Kier molecular flexibility index (Phi) is 8.99. The topological polar surface area (TPSA) is 6.48 Å². The van der Waals surface area contributed by atoms with Crippen LogP contribution in [0.5, 0.6) is 0 Å². The Morgan fingerprint density at radius 2 is 0.722 bits per heavy atom. The molecule has 0 aliphatic carbocycles. The van der Waals surface area contributed by atoms with Gasteiger partial charge in [-0.3, -0.25) is 0 Å². The lowest BCUT2D eigenvalue weighted by Gasteiger charge is -2.27. The first-order valence-corrected chi connectivity index (χ1v) is 18.4. The molecule has 0 aliphatic rings. The van der Waals surface area contributed by atoms with Crippen LogP contribution in [-0.4, -0.2) is 0 Å². The molecular weight excluding hydrogens is 653 g/mol. The summed E-state index contributed by atoms with van der Waals surface area (Å²) >= 11 is 0. The van der Waals surface area contributed by atoms with Gasteiger partial charge < -0.3 is 9.80 Å². The second-order valence-electron chi connectivity index (χ2n) is 13.5. The molecule has 2 nitrogen and oxygen atoms in total. The molecule has 54 heavy (non-hydrogen) atoms. The first kappa shape index (κ1) is 32.7. The van der Waals surface area contributed by atoms with Crippen molar-refractivity contribution in [3.05, 3.63) is 230 Å². The second-order valence-corrected chi connectivity index (χ2v) is 13.5. The van der Waals surface area contributed by atoms with E-state index in [9.17, 15) is 0 Å². The van der Waals surface area contributed by atoms with Crippen molar-refractivity contribution in [2.45, 2.75) is 0 Å². The largest absolute Gasteiger partial charge is 0.311 e. The smallest absolute Gasteiger partial charge is 0.0540 e. The average molecular weight is 691 g/mol. The van der Waals surface area contributed by atoms with Gasteiger partial charge in [-0.25, -0.2) is 0 Å². The molecule has 0 fully saturated rings. The summed E-state index contributed by atoms with van der Waals surface area (Å²) in [7, 11) is 0. The van der Waals surface area contributed by atoms with Crippen LogP contribution in [0.15, 0.2) is 218 Å². The molecule has 0 bridgehead atoms. The molecule has 9 rings (SSSR count). The Morgan fingerprint density at radius 1 is 0.278 bits per heavy atom. The van der Waals surface area contributed by atoms with E-state index >= 15 is 0 Å². The number of fused-ring (bicyclic) bond motifs is 2. The first-order valence-electron chi connectivity index (χ1n) is 18.4. The van der Waals surface area contributed by atoms with Crippen LogP contribution in [0.1, 0.15) is 11.1 Å². The van der Waals surface area contributed by atoms with E-state index in [2.05, 4.69) is 240 Å². The van der Waals surface area contributed by atoms with Crippen LogP contribution >= 0.6 is 0 Å². The van der Waals surface area contributed by atoms with E-state index in [0.29, 0.717) is 0 Å². The minimum Gasteiger partial charge on any atom is -0.311 e. The summed E-state index contributed by atoms with van der Waals surface area (Å²) in [6, 6.07) is 77.9. The standard InChI is InChI=1S/C52H38N2/c1-3-16-46(17-4-1)53(47-18-5-2-6-19-47)48-35-30-43(31-36-48)42-28-24-39(25-29-42)22-23-40-26-33-49(34-27-40)54(50-37-32-41-12-7-8-14-45(41)38-50)52-21-11-15-44-13-9-10-20-51(44)52/h1-38H/b23-22+. The number of anilines is 6. The Balaban J connectivity index is 0.953. The third kappa shape index (κ3) is 6.77. The molecule has 2 heteroatoms. The molecular formula is C52H38N2. The van der Waals surface area contributed by atoms with Gasteiger partial charge in [0.1, 0.15) is 0 Å². The minimum atomic E-state index is 1.12. The maximum absolute atomic E-state index is 2.37. The van der Waals surface area contributed by atoms with Gasteiger partial charge in [0.15, 0.2) is 0 Å². The maximum atomic E-state index is 2.37. The number of nitrogens with zero attached hydrogens (tertiary/aromatic N) is 2. The molecule has 0 spiro atoms. The lowest BCUT2D eigenvalue weighted by molar-refractivity contribution is 1.28. The summed E-state index contributed by atoms with van der Waals surface area (Å²) in [5.41, 5.74) is 11.5. The zero-order valence-electron chi connectivity index (χ0n) is 29.8. The van der Waals surface area contributed by atoms with E-state index in [1.165, 1.54) is 32.7 Å². The van der Waals surface area contributed by atoms with Gasteiger partial charge in [0.25, 0.3) is 0 Å². The van der Waals surface area contributed by atoms with Crippen LogP contribution in [-0.2, 0) is 0 Å². The van der Waals surface area contributed by atoms with Crippen molar-refractivity contribution >= 4 is 67.8 Å². The lowest BCUT2D eigenvalue weighted by Crippen LogP contribution is -2.10. The predicted molar refractivity (Wildman–Crippen MR) is 232 cm³/mol. The normalized spacial score (nSPS) is 11.3. The molecule has 0 radical (unpaired) electrons. The van der Waals surface area contributed by atoms with Crippen LogP contribution in [0.3, 0.4) is 0 Å². The minimum absolute atomic E-state index is 1.12. The van der Waals surface area contributed by atoms with Crippen molar-refractivity contribution in [2.24, 2.45) is 0 Å². The summed E-state index contributed by atoms with van der Waals surface area (Å²) in [5, 5.41) is 4.90. The van der Waals surface area contributed by atoms with Crippen molar-refractivity contribution in [1.82, 2.24) is 0 Å². The van der Waals surface area contributed by atoms with Crippen LogP contribution in [0.2, 0.25) is 0 Å². The predicted octanol–water partition coefficient (Wildman–Crippen LogP) is 14.8. The van der Waals surface area contributed by atoms with E-state index < -0.39 is 0 Å². The molecule has 0 heterocycles. The third-order valence-electron chi connectivity index (χ3n) is 10.0. The monoisotopic (exact) mass is 690 g/mol. The molecule has 0 amide bonds. The fourth-order valence-electron chi connectivity index (χ4n) is 7.26. The Bertz CT molecular complexity index is 2640. The van der Waals surface area contributed by atoms with E-state index in [-0.39, 0.29) is 0 Å². The fourth-order valence-corrected chi connectivity index (χ4v) is 7.26. The highest BCUT2D eigenvalue weighted by Gasteiger charge is 2.16. The molecule has 0 aliphatic heterocycles. The Morgan fingerprint density at radius 3 is 1.37 bits per heavy atom.